The van der Waals surface area contributed by atoms with E-state index in [1.165, 1.54) is 161 Å². The predicted octanol–water partition coefficient (Wildman–Crippen LogP) is 13.3. The van der Waals surface area contributed by atoms with Gasteiger partial charge in [-0.3, -0.25) is 9.59 Å². The molecule has 0 bridgehead atoms. The zero-order valence-corrected chi connectivity index (χ0v) is 29.3. The number of aliphatic carboxylic acids is 1. The van der Waals surface area contributed by atoms with Crippen molar-refractivity contribution < 1.29 is 19.4 Å². The topological polar surface area (TPSA) is 63.6 Å². The van der Waals surface area contributed by atoms with E-state index in [0.717, 1.165) is 38.5 Å². The van der Waals surface area contributed by atoms with Crippen LogP contribution in [0.1, 0.15) is 232 Å². The summed E-state index contributed by atoms with van der Waals surface area (Å²) >= 11 is 0. The van der Waals surface area contributed by atoms with Crippen molar-refractivity contribution in [2.45, 2.75) is 238 Å². The molecule has 0 heterocycles. The van der Waals surface area contributed by atoms with Crippen LogP contribution in [-0.4, -0.2) is 23.1 Å². The van der Waals surface area contributed by atoms with Gasteiger partial charge in [0.05, 0.1) is 0 Å². The average Bonchev–Trinajstić information content (AvgIpc) is 2.99. The zero-order chi connectivity index (χ0) is 31.5. The molecular formula is C39H76O4. The first-order valence-electron chi connectivity index (χ1n) is 19.5. The fourth-order valence-corrected chi connectivity index (χ4v) is 6.19. The molecule has 4 nitrogen and oxygen atoms in total. The number of rotatable bonds is 36. The lowest BCUT2D eigenvalue weighted by atomic mass is 10.0. The van der Waals surface area contributed by atoms with E-state index in [1.54, 1.807) is 0 Å². The number of carboxylic acids is 1. The third-order valence-corrected chi connectivity index (χ3v) is 9.08. The number of carboxylic acid groups (broad SMARTS) is 1. The second kappa shape index (κ2) is 35.4. The smallest absolute Gasteiger partial charge is 0.306 e. The van der Waals surface area contributed by atoms with Gasteiger partial charge in [-0.05, 0) is 38.5 Å². The van der Waals surface area contributed by atoms with Crippen molar-refractivity contribution >= 4 is 11.9 Å². The second-order valence-corrected chi connectivity index (χ2v) is 13.5. The van der Waals surface area contributed by atoms with E-state index < -0.39 is 5.97 Å². The van der Waals surface area contributed by atoms with E-state index in [1.807, 2.05) is 0 Å². The van der Waals surface area contributed by atoms with E-state index in [2.05, 4.69) is 13.8 Å². The predicted molar refractivity (Wildman–Crippen MR) is 186 cm³/mol. The number of esters is 1. The van der Waals surface area contributed by atoms with Crippen LogP contribution >= 0.6 is 0 Å². The normalized spacial score (nSPS) is 12.0. The van der Waals surface area contributed by atoms with E-state index in [9.17, 15) is 9.59 Å². The Morgan fingerprint density at radius 2 is 0.698 bits per heavy atom. The minimum Gasteiger partial charge on any atom is -0.481 e. The van der Waals surface area contributed by atoms with Crippen LogP contribution in [0.4, 0.5) is 0 Å². The van der Waals surface area contributed by atoms with Crippen molar-refractivity contribution in [2.24, 2.45) is 0 Å². The number of unbranched alkanes of at least 4 members (excludes halogenated alkanes) is 27. The summed E-state index contributed by atoms with van der Waals surface area (Å²) in [4.78, 5) is 23.3. The lowest BCUT2D eigenvalue weighted by Crippen LogP contribution is -2.18. The SMILES string of the molecule is CCCCCCCCCCCCCCCCCCCCCCCC(=O)OC(CCCCCCCCC)CCCCC(=O)O. The summed E-state index contributed by atoms with van der Waals surface area (Å²) in [6, 6.07) is 0. The molecule has 0 aliphatic heterocycles. The Labute approximate surface area is 269 Å². The van der Waals surface area contributed by atoms with Crippen molar-refractivity contribution in [3.8, 4) is 0 Å². The molecule has 0 aromatic heterocycles. The average molecular weight is 609 g/mol. The van der Waals surface area contributed by atoms with Gasteiger partial charge in [-0.1, -0.05) is 181 Å². The molecule has 0 saturated carbocycles. The van der Waals surface area contributed by atoms with Gasteiger partial charge < -0.3 is 9.84 Å². The third kappa shape index (κ3) is 35.3. The minimum atomic E-state index is -0.740. The quantitative estimate of drug-likeness (QED) is 0.0567. The first-order valence-corrected chi connectivity index (χ1v) is 19.5. The number of hydrogen-bond acceptors (Lipinski definition) is 3. The maximum absolute atomic E-state index is 12.5. The molecule has 1 N–H and O–H groups in total. The molecule has 0 aliphatic rings. The number of carbonyl (C=O) groups excluding carboxylic acids is 1. The monoisotopic (exact) mass is 609 g/mol. The summed E-state index contributed by atoms with van der Waals surface area (Å²) in [5.41, 5.74) is 0. The first-order chi connectivity index (χ1) is 21.1. The summed E-state index contributed by atoms with van der Waals surface area (Å²) < 4.78 is 5.86. The lowest BCUT2D eigenvalue weighted by molar-refractivity contribution is -0.150. The highest BCUT2D eigenvalue weighted by atomic mass is 16.5. The molecule has 0 amide bonds. The van der Waals surface area contributed by atoms with Crippen LogP contribution in [0.5, 0.6) is 0 Å². The third-order valence-electron chi connectivity index (χ3n) is 9.08. The summed E-state index contributed by atoms with van der Waals surface area (Å²) in [7, 11) is 0. The fraction of sp³-hybridized carbons (Fsp3) is 0.949. The van der Waals surface area contributed by atoms with Crippen LogP contribution in [0.25, 0.3) is 0 Å². The Bertz CT molecular complexity index is 576. The lowest BCUT2D eigenvalue weighted by Gasteiger charge is -2.18. The van der Waals surface area contributed by atoms with E-state index >= 15 is 0 Å². The highest BCUT2D eigenvalue weighted by Crippen LogP contribution is 2.18. The maximum atomic E-state index is 12.5. The van der Waals surface area contributed by atoms with Crippen LogP contribution in [0.3, 0.4) is 0 Å². The van der Waals surface area contributed by atoms with Gasteiger partial charge in [-0.2, -0.15) is 0 Å². The van der Waals surface area contributed by atoms with Gasteiger partial charge in [0.2, 0.25) is 0 Å². The van der Waals surface area contributed by atoms with E-state index in [4.69, 9.17) is 9.84 Å². The Kier molecular flexibility index (Phi) is 34.5. The highest BCUT2D eigenvalue weighted by Gasteiger charge is 2.14. The van der Waals surface area contributed by atoms with Gasteiger partial charge >= 0.3 is 11.9 Å². The molecule has 43 heavy (non-hydrogen) atoms. The van der Waals surface area contributed by atoms with Crippen molar-refractivity contribution in [3.63, 3.8) is 0 Å². The standard InChI is InChI=1S/C39H76O4/c1-3-5-7-9-11-12-13-14-15-16-17-18-19-20-21-22-23-24-26-28-30-36-39(42)43-37(34-31-32-35-38(40)41)33-29-27-25-10-8-6-4-2/h37H,3-36H2,1-2H3,(H,40,41). The summed E-state index contributed by atoms with van der Waals surface area (Å²) in [5.74, 6) is -0.792. The van der Waals surface area contributed by atoms with Gasteiger partial charge in [0.15, 0.2) is 0 Å². The number of carbonyl (C=O) groups is 2. The summed E-state index contributed by atoms with van der Waals surface area (Å²) in [5, 5.41) is 8.90. The molecule has 0 rings (SSSR count). The molecule has 0 spiro atoms. The largest absolute Gasteiger partial charge is 0.481 e. The molecule has 4 heteroatoms. The van der Waals surface area contributed by atoms with Crippen molar-refractivity contribution in [1.82, 2.24) is 0 Å². The van der Waals surface area contributed by atoms with E-state index in [-0.39, 0.29) is 18.5 Å². The summed E-state index contributed by atoms with van der Waals surface area (Å²) in [6.07, 6.45) is 41.4. The van der Waals surface area contributed by atoms with Crippen LogP contribution in [0.2, 0.25) is 0 Å². The molecule has 1 atom stereocenters. The Hall–Kier alpha value is -1.06. The van der Waals surface area contributed by atoms with Gasteiger partial charge in [0.1, 0.15) is 6.10 Å². The Morgan fingerprint density at radius 1 is 0.419 bits per heavy atom. The van der Waals surface area contributed by atoms with Crippen LogP contribution in [0, 0.1) is 0 Å². The molecule has 0 aromatic rings. The molecule has 0 aliphatic carbocycles. The number of hydrogen-bond donors (Lipinski definition) is 1. The molecule has 0 fully saturated rings. The Morgan fingerprint density at radius 3 is 1.05 bits per heavy atom. The van der Waals surface area contributed by atoms with Crippen molar-refractivity contribution in [1.29, 1.82) is 0 Å². The van der Waals surface area contributed by atoms with E-state index in [0.29, 0.717) is 12.8 Å². The maximum Gasteiger partial charge on any atom is 0.306 e. The molecule has 0 radical (unpaired) electrons. The van der Waals surface area contributed by atoms with Crippen LogP contribution in [0.15, 0.2) is 0 Å². The minimum absolute atomic E-state index is 0.0353. The van der Waals surface area contributed by atoms with Crippen molar-refractivity contribution in [2.75, 3.05) is 0 Å². The zero-order valence-electron chi connectivity index (χ0n) is 29.3. The Balaban J connectivity index is 3.63. The van der Waals surface area contributed by atoms with Gasteiger partial charge in [0.25, 0.3) is 0 Å². The second-order valence-electron chi connectivity index (χ2n) is 13.5. The van der Waals surface area contributed by atoms with Crippen LogP contribution in [-0.2, 0) is 14.3 Å². The molecule has 0 aromatic carbocycles. The molecule has 1 unspecified atom stereocenters. The van der Waals surface area contributed by atoms with Gasteiger partial charge in [0, 0.05) is 12.8 Å². The highest BCUT2D eigenvalue weighted by molar-refractivity contribution is 5.69. The molecular weight excluding hydrogens is 532 g/mol. The van der Waals surface area contributed by atoms with Gasteiger partial charge in [-0.15, -0.1) is 0 Å². The van der Waals surface area contributed by atoms with Crippen LogP contribution < -0.4 is 0 Å². The number of ether oxygens (including phenoxy) is 1. The molecule has 256 valence electrons. The summed E-state index contributed by atoms with van der Waals surface area (Å²) in [6.45, 7) is 4.53. The van der Waals surface area contributed by atoms with Gasteiger partial charge in [-0.25, -0.2) is 0 Å². The van der Waals surface area contributed by atoms with Crippen molar-refractivity contribution in [3.05, 3.63) is 0 Å². The molecule has 0 saturated heterocycles. The first kappa shape index (κ1) is 41.9. The fourth-order valence-electron chi connectivity index (χ4n) is 6.19.